The van der Waals surface area contributed by atoms with Gasteiger partial charge in [0.15, 0.2) is 0 Å². The van der Waals surface area contributed by atoms with E-state index >= 15 is 0 Å². The lowest BCUT2D eigenvalue weighted by molar-refractivity contribution is -0.0204. The van der Waals surface area contributed by atoms with Crippen LogP contribution < -0.4 is 0 Å². The Kier molecular flexibility index (Phi) is 3.92. The smallest absolute Gasteiger partial charge is 0.435 e. The second-order valence-corrected chi connectivity index (χ2v) is 9.03. The largest absolute Gasteiger partial charge is 0.508 e. The number of hydrogen-bond acceptors (Lipinski definition) is 3. The van der Waals surface area contributed by atoms with Gasteiger partial charge in [-0.1, -0.05) is 76.2 Å². The quantitative estimate of drug-likeness (QED) is 0.661. The molecule has 0 amide bonds. The van der Waals surface area contributed by atoms with Gasteiger partial charge in [0, 0.05) is 5.41 Å². The molecule has 0 aromatic heterocycles. The van der Waals surface area contributed by atoms with E-state index in [0.717, 1.165) is 6.42 Å². The molecule has 2 unspecified atom stereocenters. The van der Waals surface area contributed by atoms with Crippen LogP contribution in [0.3, 0.4) is 0 Å². The highest BCUT2D eigenvalue weighted by molar-refractivity contribution is 5.65. The van der Waals surface area contributed by atoms with E-state index in [-0.39, 0.29) is 22.3 Å². The molecular weight excluding hydrogens is 336 g/mol. The Bertz CT molecular complexity index is 883. The van der Waals surface area contributed by atoms with Crippen molar-refractivity contribution in [2.45, 2.75) is 63.4 Å². The second kappa shape index (κ2) is 5.85. The maximum atomic E-state index is 12.4. The van der Waals surface area contributed by atoms with Crippen LogP contribution in [0.4, 0.5) is 4.79 Å². The number of carbonyl (C=O) groups is 1. The summed E-state index contributed by atoms with van der Waals surface area (Å²) in [4.78, 5) is 12.4. The summed E-state index contributed by atoms with van der Waals surface area (Å²) in [5.41, 5.74) is 4.50. The fourth-order valence-corrected chi connectivity index (χ4v) is 5.65. The van der Waals surface area contributed by atoms with Crippen molar-refractivity contribution in [3.63, 3.8) is 0 Å². The first-order valence-corrected chi connectivity index (χ1v) is 9.78. The van der Waals surface area contributed by atoms with Crippen molar-refractivity contribution in [2.75, 3.05) is 6.61 Å². The van der Waals surface area contributed by atoms with Gasteiger partial charge in [-0.25, -0.2) is 4.79 Å². The molecule has 2 aromatic carbocycles. The zero-order valence-corrected chi connectivity index (χ0v) is 16.8. The van der Waals surface area contributed by atoms with Crippen molar-refractivity contribution in [3.8, 4) is 0 Å². The van der Waals surface area contributed by atoms with E-state index in [2.05, 4.69) is 76.2 Å². The van der Waals surface area contributed by atoms with Gasteiger partial charge >= 0.3 is 6.16 Å². The molecule has 0 aliphatic heterocycles. The van der Waals surface area contributed by atoms with Crippen LogP contribution in [0.25, 0.3) is 0 Å². The SMILES string of the molecule is CCOC(=O)OC1C(C)(C)c2ccccc2C12CC(C)(C)c1ccccc12. The molecule has 2 aromatic rings. The van der Waals surface area contributed by atoms with E-state index in [4.69, 9.17) is 9.47 Å². The molecule has 0 radical (unpaired) electrons. The van der Waals surface area contributed by atoms with Crippen molar-refractivity contribution in [3.05, 3.63) is 70.8 Å². The van der Waals surface area contributed by atoms with Crippen molar-refractivity contribution >= 4 is 6.16 Å². The minimum absolute atomic E-state index is 0.000393. The molecule has 0 heterocycles. The summed E-state index contributed by atoms with van der Waals surface area (Å²) < 4.78 is 11.3. The Labute approximate surface area is 161 Å². The number of benzene rings is 2. The third-order valence-electron chi connectivity index (χ3n) is 6.54. The van der Waals surface area contributed by atoms with Crippen LogP contribution in [-0.4, -0.2) is 18.9 Å². The van der Waals surface area contributed by atoms with Crippen molar-refractivity contribution in [1.29, 1.82) is 0 Å². The molecule has 0 fully saturated rings. The van der Waals surface area contributed by atoms with Gasteiger partial charge in [0.2, 0.25) is 0 Å². The molecule has 4 rings (SSSR count). The molecule has 3 nitrogen and oxygen atoms in total. The highest BCUT2D eigenvalue weighted by Gasteiger charge is 2.64. The van der Waals surface area contributed by atoms with Gasteiger partial charge in [-0.15, -0.1) is 0 Å². The molecule has 142 valence electrons. The van der Waals surface area contributed by atoms with Crippen LogP contribution in [0.15, 0.2) is 48.5 Å². The van der Waals surface area contributed by atoms with E-state index in [0.29, 0.717) is 6.61 Å². The molecule has 2 aliphatic carbocycles. The van der Waals surface area contributed by atoms with E-state index in [9.17, 15) is 4.79 Å². The molecule has 2 aliphatic rings. The summed E-state index contributed by atoms with van der Waals surface area (Å²) in [6.45, 7) is 11.1. The Morgan fingerprint density at radius 3 is 2.04 bits per heavy atom. The van der Waals surface area contributed by atoms with Gasteiger partial charge in [-0.2, -0.15) is 0 Å². The minimum Gasteiger partial charge on any atom is -0.435 e. The van der Waals surface area contributed by atoms with Crippen LogP contribution in [-0.2, 0) is 25.7 Å². The summed E-state index contributed by atoms with van der Waals surface area (Å²) in [5, 5.41) is 0. The predicted molar refractivity (Wildman–Crippen MR) is 106 cm³/mol. The average Bonchev–Trinajstić information content (AvgIpc) is 2.98. The number of ether oxygens (including phenoxy) is 2. The third-order valence-corrected chi connectivity index (χ3v) is 6.54. The Balaban J connectivity index is 1.98. The zero-order valence-electron chi connectivity index (χ0n) is 16.8. The molecule has 0 saturated heterocycles. The molecule has 0 bridgehead atoms. The van der Waals surface area contributed by atoms with E-state index in [1.54, 1.807) is 6.92 Å². The monoisotopic (exact) mass is 364 g/mol. The van der Waals surface area contributed by atoms with Gasteiger partial charge in [0.25, 0.3) is 0 Å². The lowest BCUT2D eigenvalue weighted by Crippen LogP contribution is -2.46. The van der Waals surface area contributed by atoms with Crippen molar-refractivity contribution < 1.29 is 14.3 Å². The topological polar surface area (TPSA) is 35.5 Å². The summed E-state index contributed by atoms with van der Waals surface area (Å²) >= 11 is 0. The van der Waals surface area contributed by atoms with Crippen molar-refractivity contribution in [2.24, 2.45) is 0 Å². The highest BCUT2D eigenvalue weighted by Crippen LogP contribution is 2.63. The summed E-state index contributed by atoms with van der Waals surface area (Å²) in [6, 6.07) is 17.2. The van der Waals surface area contributed by atoms with E-state index in [1.165, 1.54) is 22.3 Å². The molecule has 27 heavy (non-hydrogen) atoms. The van der Waals surface area contributed by atoms with Crippen molar-refractivity contribution in [1.82, 2.24) is 0 Å². The average molecular weight is 364 g/mol. The number of fused-ring (bicyclic) bond motifs is 4. The summed E-state index contributed by atoms with van der Waals surface area (Å²) in [6.07, 6.45) is 0.0125. The minimum atomic E-state index is -0.579. The lowest BCUT2D eigenvalue weighted by atomic mass is 9.70. The van der Waals surface area contributed by atoms with Gasteiger partial charge in [-0.05, 0) is 41.0 Å². The van der Waals surface area contributed by atoms with Gasteiger partial charge in [-0.3, -0.25) is 0 Å². The van der Waals surface area contributed by atoms with Crippen LogP contribution in [0.2, 0.25) is 0 Å². The predicted octanol–water partition coefficient (Wildman–Crippen LogP) is 5.49. The Hall–Kier alpha value is -2.29. The molecule has 0 N–H and O–H groups in total. The van der Waals surface area contributed by atoms with Crippen LogP contribution in [0, 0.1) is 0 Å². The first kappa shape index (κ1) is 18.1. The van der Waals surface area contributed by atoms with Gasteiger partial charge in [0.05, 0.1) is 12.0 Å². The second-order valence-electron chi connectivity index (χ2n) is 9.03. The van der Waals surface area contributed by atoms with Crippen LogP contribution >= 0.6 is 0 Å². The molecule has 0 saturated carbocycles. The van der Waals surface area contributed by atoms with Gasteiger partial charge < -0.3 is 9.47 Å². The fourth-order valence-electron chi connectivity index (χ4n) is 5.65. The maximum Gasteiger partial charge on any atom is 0.508 e. The molecule has 3 heteroatoms. The van der Waals surface area contributed by atoms with E-state index in [1.807, 2.05) is 0 Å². The Morgan fingerprint density at radius 2 is 1.44 bits per heavy atom. The number of carbonyl (C=O) groups excluding carboxylic acids is 1. The summed E-state index contributed by atoms with van der Waals surface area (Å²) in [5.74, 6) is 0. The molecule has 1 spiro atoms. The first-order valence-electron chi connectivity index (χ1n) is 9.78. The molecule has 2 atom stereocenters. The van der Waals surface area contributed by atoms with Crippen LogP contribution in [0.1, 0.15) is 63.3 Å². The lowest BCUT2D eigenvalue weighted by Gasteiger charge is -2.38. The zero-order chi connectivity index (χ0) is 19.4. The number of rotatable bonds is 2. The summed E-state index contributed by atoms with van der Waals surface area (Å²) in [7, 11) is 0. The van der Waals surface area contributed by atoms with Gasteiger partial charge in [0.1, 0.15) is 6.10 Å². The fraction of sp³-hybridized carbons (Fsp3) is 0.458. The normalized spacial score (nSPS) is 26.5. The third kappa shape index (κ3) is 2.37. The standard InChI is InChI=1S/C24H28O3/c1-6-26-21(25)27-20-23(4,5)17-12-8-10-14-19(17)24(20)15-22(2,3)16-11-7-9-13-18(16)24/h7-14,20H,6,15H2,1-5H3. The first-order chi connectivity index (χ1) is 12.7. The Morgan fingerprint density at radius 1 is 0.926 bits per heavy atom. The van der Waals surface area contributed by atoms with E-state index < -0.39 is 6.16 Å². The highest BCUT2D eigenvalue weighted by atomic mass is 16.7. The number of hydrogen-bond donors (Lipinski definition) is 0. The maximum absolute atomic E-state index is 12.4. The van der Waals surface area contributed by atoms with Crippen LogP contribution in [0.5, 0.6) is 0 Å². The molecular formula is C24H28O3.